The average molecular weight is 394 g/mol. The minimum atomic E-state index is -2.38. The molecule has 0 radical (unpaired) electrons. The lowest BCUT2D eigenvalue weighted by Crippen LogP contribution is -2.56. The number of piperidine rings is 1. The molecule has 10 nitrogen and oxygen atoms in total. The van der Waals surface area contributed by atoms with Crippen molar-refractivity contribution in [1.29, 1.82) is 5.39 Å². The summed E-state index contributed by atoms with van der Waals surface area (Å²) >= 11 is 0. The molecule has 152 valence electrons. The van der Waals surface area contributed by atoms with Crippen molar-refractivity contribution in [3.63, 3.8) is 0 Å². The van der Waals surface area contributed by atoms with E-state index >= 15 is 0 Å². The summed E-state index contributed by atoms with van der Waals surface area (Å²) in [7, 11) is 0. The second kappa shape index (κ2) is 10.2. The number of carbonyl (C=O) groups excluding carboxylic acids is 4. The van der Waals surface area contributed by atoms with Crippen molar-refractivity contribution in [2.45, 2.75) is 39.5 Å². The van der Waals surface area contributed by atoms with E-state index in [0.717, 1.165) is 4.90 Å². The van der Waals surface area contributed by atoms with Gasteiger partial charge in [0.05, 0.1) is 13.2 Å². The number of diazo groups is 1. The number of imide groups is 1. The molecule has 1 rings (SSSR count). The molecule has 0 aliphatic carbocycles. The highest BCUT2D eigenvalue weighted by Crippen LogP contribution is 2.41. The number of carbonyl (C=O) groups is 4. The van der Waals surface area contributed by atoms with Gasteiger partial charge in [0.25, 0.3) is 5.91 Å². The van der Waals surface area contributed by atoms with E-state index in [2.05, 4.69) is 16.3 Å². The van der Waals surface area contributed by atoms with Crippen LogP contribution >= 0.6 is 0 Å². The van der Waals surface area contributed by atoms with E-state index in [1.807, 2.05) is 0 Å². The van der Waals surface area contributed by atoms with Crippen LogP contribution in [0.4, 0.5) is 0 Å². The molecule has 0 aromatic carbocycles. The minimum Gasteiger partial charge on any atom is -0.504 e. The first-order valence-corrected chi connectivity index (χ1v) is 8.90. The van der Waals surface area contributed by atoms with E-state index in [9.17, 15) is 29.7 Å². The van der Waals surface area contributed by atoms with E-state index in [1.54, 1.807) is 0 Å². The lowest BCUT2D eigenvalue weighted by atomic mass is 9.76. The third-order valence-corrected chi connectivity index (χ3v) is 4.23. The molecule has 1 heterocycles. The Hall–Kier alpha value is -3.22. The zero-order valence-electron chi connectivity index (χ0n) is 16.0. The maximum atomic E-state index is 13.1. The number of amides is 2. The second-order valence-electron chi connectivity index (χ2n) is 5.92. The van der Waals surface area contributed by atoms with Crippen molar-refractivity contribution in [1.82, 2.24) is 4.90 Å². The summed E-state index contributed by atoms with van der Waals surface area (Å²) in [6.07, 6.45) is 1.73. The number of nitrogens with zero attached hydrogens (tertiary/aromatic N) is 3. The fraction of sp³-hybridized carbons (Fsp3) is 0.556. The van der Waals surface area contributed by atoms with Crippen LogP contribution in [-0.2, 0) is 28.7 Å². The number of likely N-dealkylation sites (tertiary alicyclic amines) is 1. The van der Waals surface area contributed by atoms with Crippen LogP contribution in [-0.4, -0.2) is 53.5 Å². The van der Waals surface area contributed by atoms with Crippen molar-refractivity contribution in [2.24, 2.45) is 5.41 Å². The predicted molar refractivity (Wildman–Crippen MR) is 95.8 cm³/mol. The van der Waals surface area contributed by atoms with Crippen molar-refractivity contribution in [2.75, 3.05) is 19.8 Å². The molecule has 1 N–H and O–H groups in total. The summed E-state index contributed by atoms with van der Waals surface area (Å²) < 4.78 is 9.63. The van der Waals surface area contributed by atoms with Gasteiger partial charge in [-0.05, 0) is 33.1 Å². The first-order chi connectivity index (χ1) is 13.3. The Kier molecular flexibility index (Phi) is 8.31. The van der Waals surface area contributed by atoms with Crippen molar-refractivity contribution in [3.8, 4) is 0 Å². The maximum Gasteiger partial charge on any atom is 0.506 e. The van der Waals surface area contributed by atoms with Crippen LogP contribution in [0.25, 0.3) is 4.98 Å². The summed E-state index contributed by atoms with van der Waals surface area (Å²) in [5, 5.41) is 19.9. The molecular formula is C18H24N3O7+. The fourth-order valence-corrected chi connectivity index (χ4v) is 2.89. The van der Waals surface area contributed by atoms with Gasteiger partial charge in [0, 0.05) is 13.0 Å². The molecule has 10 heteroatoms. The van der Waals surface area contributed by atoms with Crippen LogP contribution in [0.5, 0.6) is 0 Å². The summed E-state index contributed by atoms with van der Waals surface area (Å²) in [5.41, 5.74) is -3.38. The number of aliphatic hydroxyl groups is 1. The molecule has 1 atom stereocenters. The fourth-order valence-electron chi connectivity index (χ4n) is 2.89. The van der Waals surface area contributed by atoms with Crippen molar-refractivity contribution >= 4 is 23.8 Å². The Morgan fingerprint density at radius 3 is 2.50 bits per heavy atom. The normalized spacial score (nSPS) is 19.9. The van der Waals surface area contributed by atoms with E-state index in [0.29, 0.717) is 6.42 Å². The van der Waals surface area contributed by atoms with Crippen LogP contribution in [0.15, 0.2) is 24.1 Å². The van der Waals surface area contributed by atoms with Gasteiger partial charge in [-0.2, -0.15) is 0 Å². The van der Waals surface area contributed by atoms with E-state index in [-0.39, 0.29) is 39.0 Å². The quantitative estimate of drug-likeness (QED) is 0.164. The van der Waals surface area contributed by atoms with E-state index < -0.39 is 40.6 Å². The van der Waals surface area contributed by atoms with E-state index in [1.165, 1.54) is 19.9 Å². The number of esters is 2. The molecule has 0 aromatic rings. The Labute approximate surface area is 162 Å². The lowest BCUT2D eigenvalue weighted by molar-refractivity contribution is -0.169. The standard InChI is InChI=1S/C18H23N3O7/c1-4-7-9-12(22)21-11-8-10-18(16(21)25,17(26)28-6-3)14(23)13(20-19)15(24)27-5-2/h4H,1,5-11H2,2-3H3/p+1. The Morgan fingerprint density at radius 1 is 1.32 bits per heavy atom. The molecule has 2 amide bonds. The van der Waals surface area contributed by atoms with Crippen LogP contribution < -0.4 is 0 Å². The van der Waals surface area contributed by atoms with Crippen molar-refractivity contribution < 1.29 is 33.8 Å². The Morgan fingerprint density at radius 2 is 1.96 bits per heavy atom. The summed E-state index contributed by atoms with van der Waals surface area (Å²) in [5.74, 6) is -5.10. The monoisotopic (exact) mass is 394 g/mol. The highest BCUT2D eigenvalue weighted by molar-refractivity contribution is 6.12. The van der Waals surface area contributed by atoms with Gasteiger partial charge in [-0.1, -0.05) is 6.08 Å². The third kappa shape index (κ3) is 4.36. The number of hydrogen-bond acceptors (Lipinski definition) is 8. The Bertz CT molecular complexity index is 738. The highest BCUT2D eigenvalue weighted by atomic mass is 16.5. The lowest BCUT2D eigenvalue weighted by Gasteiger charge is -2.37. The van der Waals surface area contributed by atoms with Crippen molar-refractivity contribution in [3.05, 3.63) is 29.1 Å². The number of rotatable bonds is 8. The first-order valence-electron chi connectivity index (χ1n) is 8.90. The molecule has 0 saturated carbocycles. The van der Waals surface area contributed by atoms with Gasteiger partial charge in [0.15, 0.2) is 4.98 Å². The average Bonchev–Trinajstić information content (AvgIpc) is 2.67. The molecule has 28 heavy (non-hydrogen) atoms. The minimum absolute atomic E-state index is 0.0201. The molecule has 0 aromatic heterocycles. The van der Waals surface area contributed by atoms with Crippen LogP contribution in [0.3, 0.4) is 0 Å². The second-order valence-corrected chi connectivity index (χ2v) is 5.92. The van der Waals surface area contributed by atoms with Gasteiger partial charge >= 0.3 is 17.6 Å². The molecule has 0 bridgehead atoms. The topological polar surface area (TPSA) is 138 Å². The van der Waals surface area contributed by atoms with Gasteiger partial charge in [0.2, 0.25) is 22.5 Å². The molecule has 1 aliphatic rings. The number of hydrogen-bond donors (Lipinski definition) is 1. The van der Waals surface area contributed by atoms with Gasteiger partial charge in [0.1, 0.15) is 0 Å². The maximum absolute atomic E-state index is 13.1. The summed E-state index contributed by atoms with van der Waals surface area (Å²) in [6.45, 7) is 6.31. The smallest absolute Gasteiger partial charge is 0.504 e. The molecule has 0 spiro atoms. The SMILES string of the molecule is C=CCCC(=O)N1CCCC(C(=O)OCC)(/C(O)=C(\[N+]#N)C(=O)OCC)C1=O. The third-order valence-electron chi connectivity index (χ3n) is 4.23. The van der Waals surface area contributed by atoms with Gasteiger partial charge in [-0.25, -0.2) is 4.79 Å². The first kappa shape index (κ1) is 22.8. The molecule has 1 unspecified atom stereocenters. The van der Waals surface area contributed by atoms with Crippen LogP contribution in [0.2, 0.25) is 0 Å². The highest BCUT2D eigenvalue weighted by Gasteiger charge is 2.60. The van der Waals surface area contributed by atoms with Crippen LogP contribution in [0, 0.1) is 10.8 Å². The number of allylic oxidation sites excluding steroid dienone is 1. The van der Waals surface area contributed by atoms with Gasteiger partial charge in [-0.15, -0.1) is 6.58 Å². The largest absolute Gasteiger partial charge is 0.506 e. The molecule has 1 saturated heterocycles. The predicted octanol–water partition coefficient (Wildman–Crippen LogP) is 1.84. The zero-order chi connectivity index (χ0) is 21.3. The number of ether oxygens (including phenoxy) is 2. The molecular weight excluding hydrogens is 370 g/mol. The summed E-state index contributed by atoms with van der Waals surface area (Å²) in [6, 6.07) is 0. The zero-order valence-corrected chi connectivity index (χ0v) is 16.0. The summed E-state index contributed by atoms with van der Waals surface area (Å²) in [4.78, 5) is 53.7. The van der Waals surface area contributed by atoms with Gasteiger partial charge in [-0.3, -0.25) is 19.3 Å². The molecule has 1 aliphatic heterocycles. The van der Waals surface area contributed by atoms with E-state index in [4.69, 9.17) is 4.74 Å². The number of aliphatic hydroxyl groups excluding tert-OH is 1. The molecule has 1 fully saturated rings. The van der Waals surface area contributed by atoms with Crippen LogP contribution in [0.1, 0.15) is 39.5 Å². The Balaban J connectivity index is 3.53. The van der Waals surface area contributed by atoms with Gasteiger partial charge < -0.3 is 14.6 Å².